The van der Waals surface area contributed by atoms with Gasteiger partial charge in [-0.05, 0) is 22.3 Å². The van der Waals surface area contributed by atoms with E-state index in [-0.39, 0.29) is 25.7 Å². The molecule has 0 fully saturated rings. The predicted octanol–water partition coefficient (Wildman–Crippen LogP) is 7.05. The van der Waals surface area contributed by atoms with Crippen LogP contribution >= 0.6 is 0 Å². The summed E-state index contributed by atoms with van der Waals surface area (Å²) in [5, 5.41) is 8.63. The molecular weight excluding hydrogens is 456 g/mol. The molecule has 6 heteroatoms. The van der Waals surface area contributed by atoms with Crippen LogP contribution in [0.5, 0.6) is 0 Å². The van der Waals surface area contributed by atoms with Gasteiger partial charge in [0.05, 0.1) is 0 Å². The Kier molecular flexibility index (Phi) is 10.6. The second kappa shape index (κ2) is 14.6. The van der Waals surface area contributed by atoms with Crippen LogP contribution in [0.4, 0.5) is 9.59 Å². The van der Waals surface area contributed by atoms with Crippen molar-refractivity contribution in [2.75, 3.05) is 6.61 Å². The van der Waals surface area contributed by atoms with Gasteiger partial charge >= 0.3 is 12.3 Å². The molecule has 6 nitrogen and oxygen atoms in total. The highest BCUT2D eigenvalue weighted by Crippen LogP contribution is 2.24. The molecule has 0 saturated heterocycles. The lowest BCUT2D eigenvalue weighted by Crippen LogP contribution is -2.12. The van der Waals surface area contributed by atoms with Crippen molar-refractivity contribution in [1.82, 2.24) is 0 Å². The van der Waals surface area contributed by atoms with E-state index >= 15 is 0 Å². The Labute approximate surface area is 210 Å². The summed E-state index contributed by atoms with van der Waals surface area (Å²) in [5.74, 6) is -0.0662. The molecule has 0 aromatic heterocycles. The van der Waals surface area contributed by atoms with Crippen LogP contribution < -0.4 is 0 Å². The van der Waals surface area contributed by atoms with Crippen LogP contribution in [-0.4, -0.2) is 24.0 Å². The highest BCUT2D eigenvalue weighted by Gasteiger charge is 2.15. The molecule has 0 atom stereocenters. The van der Waals surface area contributed by atoms with Gasteiger partial charge in [-0.15, -0.1) is 0 Å². The summed E-state index contributed by atoms with van der Waals surface area (Å²) in [5.41, 5.74) is 3.97. The quantitative estimate of drug-likeness (QED) is 0.270. The highest BCUT2D eigenvalue weighted by molar-refractivity contribution is 5.60. The van der Waals surface area contributed by atoms with Crippen LogP contribution in [0.25, 0.3) is 0 Å². The number of benzene rings is 4. The Hall–Kier alpha value is -4.58. The van der Waals surface area contributed by atoms with E-state index in [0.29, 0.717) is 0 Å². The van der Waals surface area contributed by atoms with Crippen molar-refractivity contribution in [3.63, 3.8) is 0 Å². The second-order valence-corrected chi connectivity index (χ2v) is 7.75. The monoisotopic (exact) mass is 484 g/mol. The van der Waals surface area contributed by atoms with Gasteiger partial charge in [-0.25, -0.2) is 9.59 Å². The van der Waals surface area contributed by atoms with Crippen LogP contribution in [0.15, 0.2) is 121 Å². The molecule has 184 valence electrons. The first-order chi connectivity index (χ1) is 17.6. The first-order valence-corrected chi connectivity index (χ1v) is 11.4. The minimum atomic E-state index is -1.24. The zero-order valence-corrected chi connectivity index (χ0v) is 19.7. The Morgan fingerprint density at radius 2 is 0.917 bits per heavy atom. The van der Waals surface area contributed by atoms with Gasteiger partial charge in [0, 0.05) is 5.92 Å². The fourth-order valence-electron chi connectivity index (χ4n) is 3.38. The van der Waals surface area contributed by atoms with Crippen LogP contribution in [0.2, 0.25) is 0 Å². The van der Waals surface area contributed by atoms with Gasteiger partial charge in [0.2, 0.25) is 0 Å². The second-order valence-electron chi connectivity index (χ2n) is 7.75. The largest absolute Gasteiger partial charge is 0.508 e. The van der Waals surface area contributed by atoms with Gasteiger partial charge in [0.1, 0.15) is 19.8 Å². The van der Waals surface area contributed by atoms with Gasteiger partial charge in [-0.3, -0.25) is 0 Å². The SMILES string of the molecule is O=C(O)OCC(c1ccccc1)c1ccccc1.O=C(OCc1ccccc1)OCc1ccccc1. The number of ether oxygens (including phenoxy) is 3. The number of carbonyl (C=O) groups is 2. The number of rotatable bonds is 8. The average Bonchev–Trinajstić information content (AvgIpc) is 2.93. The van der Waals surface area contributed by atoms with Gasteiger partial charge in [-0.1, -0.05) is 121 Å². The molecule has 0 amide bonds. The van der Waals surface area contributed by atoms with Crippen LogP contribution in [0, 0.1) is 0 Å². The van der Waals surface area contributed by atoms with Crippen molar-refractivity contribution in [1.29, 1.82) is 0 Å². The lowest BCUT2D eigenvalue weighted by molar-refractivity contribution is 0.0446. The molecule has 0 unspecified atom stereocenters. The molecule has 0 bridgehead atoms. The number of hydrogen-bond acceptors (Lipinski definition) is 5. The summed E-state index contributed by atoms with van der Waals surface area (Å²) in [6.45, 7) is 0.590. The molecule has 4 aromatic rings. The Bertz CT molecular complexity index is 1080. The summed E-state index contributed by atoms with van der Waals surface area (Å²) in [6, 6.07) is 38.5. The zero-order chi connectivity index (χ0) is 25.4. The molecule has 0 spiro atoms. The molecule has 0 aliphatic carbocycles. The fourth-order valence-corrected chi connectivity index (χ4v) is 3.38. The van der Waals surface area contributed by atoms with E-state index in [1.807, 2.05) is 121 Å². The first kappa shape index (κ1) is 26.0. The molecule has 0 aliphatic heterocycles. The van der Waals surface area contributed by atoms with E-state index in [2.05, 4.69) is 0 Å². The van der Waals surface area contributed by atoms with E-state index in [1.54, 1.807) is 0 Å². The fraction of sp³-hybridized carbons (Fsp3) is 0.133. The van der Waals surface area contributed by atoms with Crippen molar-refractivity contribution in [3.8, 4) is 0 Å². The molecule has 36 heavy (non-hydrogen) atoms. The third-order valence-corrected chi connectivity index (χ3v) is 5.18. The van der Waals surface area contributed by atoms with E-state index in [0.717, 1.165) is 22.3 Å². The van der Waals surface area contributed by atoms with Gasteiger partial charge in [0.15, 0.2) is 0 Å². The van der Waals surface area contributed by atoms with Crippen molar-refractivity contribution in [2.45, 2.75) is 19.1 Å². The van der Waals surface area contributed by atoms with Gasteiger partial charge < -0.3 is 19.3 Å². The third kappa shape index (κ3) is 9.35. The molecule has 0 aliphatic rings. The van der Waals surface area contributed by atoms with Crippen LogP contribution in [0.3, 0.4) is 0 Å². The molecular formula is C30H28O6. The molecule has 4 rings (SSSR count). The van der Waals surface area contributed by atoms with Crippen molar-refractivity contribution in [3.05, 3.63) is 144 Å². The standard InChI is InChI=1S/2C15H14O3/c16-15(17-11-13-7-3-1-4-8-13)18-12-14-9-5-2-6-10-14;16-15(17)18-11-14(12-7-3-1-4-8-12)13-9-5-2-6-10-13/h1-10H,11-12H2;1-10,14H,11H2,(H,16,17). The maximum atomic E-state index is 11.3. The van der Waals surface area contributed by atoms with E-state index in [1.165, 1.54) is 0 Å². The zero-order valence-electron chi connectivity index (χ0n) is 19.7. The van der Waals surface area contributed by atoms with E-state index < -0.39 is 12.3 Å². The minimum Gasteiger partial charge on any atom is -0.450 e. The van der Waals surface area contributed by atoms with Crippen LogP contribution in [0.1, 0.15) is 28.2 Å². The predicted molar refractivity (Wildman–Crippen MR) is 137 cm³/mol. The molecule has 1 N–H and O–H groups in total. The first-order valence-electron chi connectivity index (χ1n) is 11.4. The highest BCUT2D eigenvalue weighted by atomic mass is 16.7. The number of carbonyl (C=O) groups excluding carboxylic acids is 1. The van der Waals surface area contributed by atoms with Crippen molar-refractivity contribution >= 4 is 12.3 Å². The lowest BCUT2D eigenvalue weighted by atomic mass is 9.92. The van der Waals surface area contributed by atoms with Gasteiger partial charge in [-0.2, -0.15) is 0 Å². The average molecular weight is 485 g/mol. The normalized spacial score (nSPS) is 10.0. The topological polar surface area (TPSA) is 82.1 Å². The van der Waals surface area contributed by atoms with E-state index in [4.69, 9.17) is 19.3 Å². The Balaban J connectivity index is 0.000000201. The Morgan fingerprint density at radius 3 is 1.28 bits per heavy atom. The summed E-state index contributed by atoms with van der Waals surface area (Å²) >= 11 is 0. The maximum absolute atomic E-state index is 11.3. The van der Waals surface area contributed by atoms with Crippen molar-refractivity contribution < 1.29 is 28.9 Å². The van der Waals surface area contributed by atoms with Crippen LogP contribution in [-0.2, 0) is 27.4 Å². The smallest absolute Gasteiger partial charge is 0.450 e. The summed E-state index contributed by atoms with van der Waals surface area (Å²) in [7, 11) is 0. The lowest BCUT2D eigenvalue weighted by Gasteiger charge is -2.17. The summed E-state index contributed by atoms with van der Waals surface area (Å²) < 4.78 is 14.7. The minimum absolute atomic E-state index is 0.0662. The summed E-state index contributed by atoms with van der Waals surface area (Å²) in [6.07, 6.45) is -1.89. The Morgan fingerprint density at radius 1 is 0.556 bits per heavy atom. The summed E-state index contributed by atoms with van der Waals surface area (Å²) in [4.78, 5) is 21.9. The van der Waals surface area contributed by atoms with Crippen molar-refractivity contribution in [2.24, 2.45) is 0 Å². The van der Waals surface area contributed by atoms with Gasteiger partial charge in [0.25, 0.3) is 0 Å². The van der Waals surface area contributed by atoms with E-state index in [9.17, 15) is 9.59 Å². The maximum Gasteiger partial charge on any atom is 0.508 e. The molecule has 4 aromatic carbocycles. The molecule has 0 radical (unpaired) electrons. The third-order valence-electron chi connectivity index (χ3n) is 5.18. The number of carboxylic acid groups (broad SMARTS) is 1. The molecule has 0 heterocycles. The number of hydrogen-bond donors (Lipinski definition) is 1. The molecule has 0 saturated carbocycles.